The van der Waals surface area contributed by atoms with Gasteiger partial charge in [0.15, 0.2) is 17.5 Å². The second-order valence-electron chi connectivity index (χ2n) is 6.11. The summed E-state index contributed by atoms with van der Waals surface area (Å²) in [5.74, 6) is -6.97. The molecule has 0 aromatic heterocycles. The van der Waals surface area contributed by atoms with Gasteiger partial charge in [-0.25, -0.2) is 13.2 Å². The van der Waals surface area contributed by atoms with Crippen molar-refractivity contribution in [1.29, 1.82) is 0 Å². The maximum atomic E-state index is 13.4. The maximum absolute atomic E-state index is 13.4. The Kier molecular flexibility index (Phi) is 10.6. The monoisotopic (exact) mass is 417 g/mol. The van der Waals surface area contributed by atoms with Gasteiger partial charge in [-0.2, -0.15) is 0 Å². The largest absolute Gasteiger partial charge is 0.549 e. The summed E-state index contributed by atoms with van der Waals surface area (Å²) in [4.78, 5) is 10.9. The molecule has 0 aliphatic rings. The normalized spacial score (nSPS) is 12.6. The van der Waals surface area contributed by atoms with Crippen molar-refractivity contribution in [3.63, 3.8) is 0 Å². The van der Waals surface area contributed by atoms with E-state index in [0.29, 0.717) is 24.8 Å². The molecule has 8 heteroatoms. The Labute approximate surface area is 166 Å². The van der Waals surface area contributed by atoms with Crippen LogP contribution in [0.3, 0.4) is 0 Å². The summed E-state index contributed by atoms with van der Waals surface area (Å²) in [5.41, 5.74) is 4.47. The number of aliphatic carboxylic acids is 1. The van der Waals surface area contributed by atoms with Crippen molar-refractivity contribution in [2.45, 2.75) is 31.2 Å². The number of alkyl halides is 1. The topological polar surface area (TPSA) is 88.0 Å². The minimum Gasteiger partial charge on any atom is -0.549 e. The molecule has 0 aliphatic heterocycles. The minimum absolute atomic E-state index is 0.0150. The number of carbonyl (C=O) groups excluding carboxylic acids is 1. The number of quaternary nitrogens is 1. The highest BCUT2D eigenvalue weighted by atomic mass is 35.5. The van der Waals surface area contributed by atoms with E-state index in [1.807, 2.05) is 30.3 Å². The predicted octanol–water partition coefficient (Wildman–Crippen LogP) is 2.31. The number of aliphatic hydroxyl groups excluding tert-OH is 1. The molecule has 0 radical (unpaired) electrons. The standard InChI is InChI=1S/C12H12ClF3O2.C8H11NO/c13-6-2-1-3-8(12(17)18)7-4-5-9(14)11(16)10(7)15;9-8(6-10)7-4-2-1-3-5-7/h4-5,8H,1-3,6H2,(H,17,18);1-5,8,10H,6,9H2/t2*8-/m01/s1. The molecule has 0 saturated carbocycles. The molecule has 2 atom stereocenters. The van der Waals surface area contributed by atoms with Crippen LogP contribution in [0, 0.1) is 17.5 Å². The van der Waals surface area contributed by atoms with Crippen LogP contribution >= 0.6 is 11.6 Å². The van der Waals surface area contributed by atoms with Crippen LogP contribution in [-0.2, 0) is 4.79 Å². The molecule has 0 amide bonds. The maximum Gasteiger partial charge on any atom is 0.194 e. The Morgan fingerprint density at radius 2 is 1.71 bits per heavy atom. The van der Waals surface area contributed by atoms with Gasteiger partial charge in [-0.3, -0.25) is 0 Å². The van der Waals surface area contributed by atoms with Gasteiger partial charge in [0.25, 0.3) is 0 Å². The molecule has 4 nitrogen and oxygen atoms in total. The average molecular weight is 418 g/mol. The van der Waals surface area contributed by atoms with E-state index >= 15 is 0 Å². The first-order valence-corrected chi connectivity index (χ1v) is 9.26. The van der Waals surface area contributed by atoms with Gasteiger partial charge in [0, 0.05) is 23.3 Å². The Morgan fingerprint density at radius 3 is 2.25 bits per heavy atom. The van der Waals surface area contributed by atoms with E-state index in [9.17, 15) is 23.1 Å². The number of unbranched alkanes of at least 4 members (excludes halogenated alkanes) is 1. The highest BCUT2D eigenvalue weighted by Crippen LogP contribution is 2.26. The first kappa shape index (κ1) is 23.9. The number of hydrogen-bond acceptors (Lipinski definition) is 3. The summed E-state index contributed by atoms with van der Waals surface area (Å²) in [7, 11) is 0. The molecule has 28 heavy (non-hydrogen) atoms. The van der Waals surface area contributed by atoms with E-state index in [1.165, 1.54) is 0 Å². The summed E-state index contributed by atoms with van der Waals surface area (Å²) < 4.78 is 39.2. The fourth-order valence-corrected chi connectivity index (χ4v) is 2.67. The third-order valence-electron chi connectivity index (χ3n) is 4.09. The number of carboxylic acids is 1. The van der Waals surface area contributed by atoms with Crippen molar-refractivity contribution < 1.29 is 33.9 Å². The number of aliphatic hydroxyl groups is 1. The highest BCUT2D eigenvalue weighted by molar-refractivity contribution is 6.17. The summed E-state index contributed by atoms with van der Waals surface area (Å²) in [5, 5.41) is 19.6. The van der Waals surface area contributed by atoms with Crippen molar-refractivity contribution >= 4 is 17.6 Å². The summed E-state index contributed by atoms with van der Waals surface area (Å²) in [6.07, 6.45) is 1.05. The molecular formula is C20H23ClF3NO3. The smallest absolute Gasteiger partial charge is 0.194 e. The molecule has 0 saturated heterocycles. The number of halogens is 4. The van der Waals surface area contributed by atoms with E-state index in [4.69, 9.17) is 16.7 Å². The van der Waals surface area contributed by atoms with Gasteiger partial charge in [-0.1, -0.05) is 42.8 Å². The molecule has 0 unspecified atom stereocenters. The van der Waals surface area contributed by atoms with Crippen LogP contribution in [0.4, 0.5) is 13.2 Å². The van der Waals surface area contributed by atoms with Crippen LogP contribution in [0.15, 0.2) is 42.5 Å². The molecular weight excluding hydrogens is 395 g/mol. The van der Waals surface area contributed by atoms with Crippen molar-refractivity contribution in [2.24, 2.45) is 0 Å². The second-order valence-corrected chi connectivity index (χ2v) is 6.49. The van der Waals surface area contributed by atoms with Gasteiger partial charge >= 0.3 is 0 Å². The van der Waals surface area contributed by atoms with Crippen molar-refractivity contribution in [2.75, 3.05) is 12.5 Å². The van der Waals surface area contributed by atoms with E-state index in [-0.39, 0.29) is 19.1 Å². The van der Waals surface area contributed by atoms with Gasteiger partial charge in [0.05, 0.1) is 6.61 Å². The predicted molar refractivity (Wildman–Crippen MR) is 97.8 cm³/mol. The third kappa shape index (κ3) is 7.14. The van der Waals surface area contributed by atoms with Crippen LogP contribution in [0.25, 0.3) is 0 Å². The van der Waals surface area contributed by atoms with E-state index in [2.05, 4.69) is 5.73 Å². The Morgan fingerprint density at radius 1 is 1.07 bits per heavy atom. The highest BCUT2D eigenvalue weighted by Gasteiger charge is 2.21. The molecule has 154 valence electrons. The molecule has 2 rings (SSSR count). The molecule has 0 heterocycles. The van der Waals surface area contributed by atoms with E-state index in [0.717, 1.165) is 11.6 Å². The Balaban J connectivity index is 0.000000330. The SMILES string of the molecule is O=C([O-])[C@@H](CCCCCl)c1ccc(F)c(F)c1F.[NH3+][C@H](CO)c1ccccc1. The summed E-state index contributed by atoms with van der Waals surface area (Å²) >= 11 is 5.44. The van der Waals surface area contributed by atoms with Gasteiger partial charge in [0.2, 0.25) is 0 Å². The quantitative estimate of drug-likeness (QED) is 0.392. The molecule has 2 aromatic carbocycles. The first-order valence-electron chi connectivity index (χ1n) is 8.72. The van der Waals surface area contributed by atoms with Crippen LogP contribution in [0.1, 0.15) is 42.3 Å². The lowest BCUT2D eigenvalue weighted by atomic mass is 9.93. The Hall–Kier alpha value is -2.09. The number of rotatable bonds is 8. The second kappa shape index (κ2) is 12.4. The van der Waals surface area contributed by atoms with Crippen molar-refractivity contribution in [1.82, 2.24) is 0 Å². The van der Waals surface area contributed by atoms with Crippen LogP contribution in [-0.4, -0.2) is 23.6 Å². The molecule has 4 N–H and O–H groups in total. The summed E-state index contributed by atoms with van der Waals surface area (Å²) in [6.45, 7) is 0.115. The van der Waals surface area contributed by atoms with Crippen molar-refractivity contribution in [3.8, 4) is 0 Å². The Bertz CT molecular complexity index is 747. The first-order chi connectivity index (χ1) is 13.3. The zero-order chi connectivity index (χ0) is 21.1. The number of carboxylic acid groups (broad SMARTS) is 1. The van der Waals surface area contributed by atoms with Gasteiger partial charge in [-0.05, 0) is 24.5 Å². The molecule has 0 bridgehead atoms. The average Bonchev–Trinajstić information content (AvgIpc) is 2.70. The lowest BCUT2D eigenvalue weighted by Gasteiger charge is -2.19. The van der Waals surface area contributed by atoms with E-state index < -0.39 is 34.9 Å². The van der Waals surface area contributed by atoms with E-state index in [1.54, 1.807) is 0 Å². The van der Waals surface area contributed by atoms with Crippen molar-refractivity contribution in [3.05, 3.63) is 71.0 Å². The van der Waals surface area contributed by atoms with Gasteiger partial charge in [0.1, 0.15) is 6.04 Å². The number of benzene rings is 2. The zero-order valence-electron chi connectivity index (χ0n) is 15.2. The zero-order valence-corrected chi connectivity index (χ0v) is 16.0. The van der Waals surface area contributed by atoms with Gasteiger partial charge < -0.3 is 20.7 Å². The van der Waals surface area contributed by atoms with Crippen LogP contribution in [0.2, 0.25) is 0 Å². The molecule has 0 aliphatic carbocycles. The lowest BCUT2D eigenvalue weighted by Crippen LogP contribution is -2.55. The lowest BCUT2D eigenvalue weighted by molar-refractivity contribution is -0.432. The molecule has 0 fully saturated rings. The minimum atomic E-state index is -1.67. The molecule has 0 spiro atoms. The summed E-state index contributed by atoms with van der Waals surface area (Å²) in [6, 6.07) is 11.4. The number of carbonyl (C=O) groups is 1. The third-order valence-corrected chi connectivity index (χ3v) is 4.36. The fraction of sp³-hybridized carbons (Fsp3) is 0.350. The molecule has 2 aromatic rings. The van der Waals surface area contributed by atoms with Gasteiger partial charge in [-0.15, -0.1) is 11.6 Å². The van der Waals surface area contributed by atoms with Crippen LogP contribution < -0.4 is 10.8 Å². The fourth-order valence-electron chi connectivity index (χ4n) is 2.48. The number of hydrogen-bond donors (Lipinski definition) is 2. The van der Waals surface area contributed by atoms with Crippen LogP contribution in [0.5, 0.6) is 0 Å².